The second kappa shape index (κ2) is 10.9. The van der Waals surface area contributed by atoms with Crippen molar-refractivity contribution < 1.29 is 14.2 Å². The van der Waals surface area contributed by atoms with E-state index in [0.717, 1.165) is 39.4 Å². The normalized spacial score (nSPS) is 11.3. The number of aromatic nitrogens is 1. The predicted molar refractivity (Wildman–Crippen MR) is 129 cm³/mol. The quantitative estimate of drug-likeness (QED) is 0.163. The lowest BCUT2D eigenvalue weighted by Gasteiger charge is -2.11. The lowest BCUT2D eigenvalue weighted by atomic mass is 10.2. The van der Waals surface area contributed by atoms with Gasteiger partial charge in [-0.2, -0.15) is 5.10 Å². The largest absolute Gasteiger partial charge is 0.493 e. The van der Waals surface area contributed by atoms with Crippen molar-refractivity contribution in [2.75, 3.05) is 6.61 Å². The molecule has 7 heteroatoms. The van der Waals surface area contributed by atoms with E-state index < -0.39 is 0 Å². The van der Waals surface area contributed by atoms with Crippen molar-refractivity contribution in [3.05, 3.63) is 96.2 Å². The Morgan fingerprint density at radius 1 is 0.758 bits per heavy atom. The molecule has 1 aromatic heterocycles. The minimum atomic E-state index is 0.355. The van der Waals surface area contributed by atoms with E-state index in [1.165, 1.54) is 0 Å². The van der Waals surface area contributed by atoms with Crippen LogP contribution in [-0.4, -0.2) is 17.4 Å². The molecule has 4 N–H and O–H groups in total. The van der Waals surface area contributed by atoms with E-state index in [0.29, 0.717) is 32.1 Å². The summed E-state index contributed by atoms with van der Waals surface area (Å²) in [5, 5.41) is 4.54. The van der Waals surface area contributed by atoms with E-state index in [2.05, 4.69) is 16.2 Å². The summed E-state index contributed by atoms with van der Waals surface area (Å²) in [7, 11) is 0. The number of rotatable bonds is 10. The zero-order valence-electron chi connectivity index (χ0n) is 18.2. The van der Waals surface area contributed by atoms with E-state index >= 15 is 0 Å². The molecule has 168 valence electrons. The summed E-state index contributed by atoms with van der Waals surface area (Å²) in [6.45, 7) is 1.19. The molecule has 0 fully saturated rings. The molecule has 0 aliphatic rings. The van der Waals surface area contributed by atoms with Crippen LogP contribution >= 0.6 is 0 Å². The van der Waals surface area contributed by atoms with Crippen LogP contribution in [0.15, 0.2) is 90.0 Å². The Labute approximate surface area is 192 Å². The molecule has 0 radical (unpaired) electrons. The molecular weight excluding hydrogens is 416 g/mol. The van der Waals surface area contributed by atoms with Gasteiger partial charge < -0.3 is 25.8 Å². The van der Waals surface area contributed by atoms with E-state index in [-0.39, 0.29) is 0 Å². The standard InChI is InChI=1S/C26H26N4O3/c27-26(30-28)13-14-31-22-7-3-5-19(15-22)17-32-23-8-4-9-24(16-23)33-18-21-12-11-20-6-1-2-10-25(20)29-21/h1-12,15-16H,13-14,17-18,28H2,(H2,27,30). The van der Waals surface area contributed by atoms with Crippen LogP contribution in [0.5, 0.6) is 17.2 Å². The smallest absolute Gasteiger partial charge is 0.130 e. The SMILES string of the molecule is N/N=C(\N)CCOc1cccc(COc2cccc(OCc3ccc4ccccc4n3)c2)c1. The number of nitrogens with two attached hydrogens (primary N) is 2. The van der Waals surface area contributed by atoms with Crippen LogP contribution < -0.4 is 25.8 Å². The van der Waals surface area contributed by atoms with Crippen LogP contribution in [0.1, 0.15) is 17.7 Å². The first-order chi connectivity index (χ1) is 16.2. The molecule has 7 nitrogen and oxygen atoms in total. The molecule has 0 spiro atoms. The lowest BCUT2D eigenvalue weighted by molar-refractivity contribution is 0.286. The lowest BCUT2D eigenvalue weighted by Crippen LogP contribution is -2.17. The Hall–Kier alpha value is -4.26. The van der Waals surface area contributed by atoms with Gasteiger partial charge in [-0.3, -0.25) is 0 Å². The number of hydrogen-bond donors (Lipinski definition) is 2. The molecule has 0 saturated heterocycles. The molecule has 4 rings (SSSR count). The Kier molecular flexibility index (Phi) is 7.22. The Morgan fingerprint density at radius 3 is 2.30 bits per heavy atom. The van der Waals surface area contributed by atoms with Gasteiger partial charge in [0.15, 0.2) is 0 Å². The zero-order valence-corrected chi connectivity index (χ0v) is 18.2. The summed E-state index contributed by atoms with van der Waals surface area (Å²) in [6, 6.07) is 27.4. The van der Waals surface area contributed by atoms with Gasteiger partial charge in [0.2, 0.25) is 0 Å². The molecule has 3 aromatic carbocycles. The summed E-state index contributed by atoms with van der Waals surface area (Å²) < 4.78 is 17.6. The van der Waals surface area contributed by atoms with Crippen LogP contribution in [0.3, 0.4) is 0 Å². The van der Waals surface area contributed by atoms with Gasteiger partial charge in [0.1, 0.15) is 36.3 Å². The highest BCUT2D eigenvalue weighted by Gasteiger charge is 2.04. The molecule has 4 aromatic rings. The molecule has 0 amide bonds. The minimum absolute atomic E-state index is 0.355. The number of hydrazone groups is 1. The van der Waals surface area contributed by atoms with Crippen LogP contribution in [0.25, 0.3) is 10.9 Å². The second-order valence-corrected chi connectivity index (χ2v) is 7.41. The van der Waals surface area contributed by atoms with Gasteiger partial charge in [-0.15, -0.1) is 0 Å². The van der Waals surface area contributed by atoms with Crippen molar-refractivity contribution >= 4 is 16.7 Å². The molecule has 33 heavy (non-hydrogen) atoms. The van der Waals surface area contributed by atoms with Crippen LogP contribution in [-0.2, 0) is 13.2 Å². The fourth-order valence-electron chi connectivity index (χ4n) is 3.23. The van der Waals surface area contributed by atoms with Gasteiger partial charge in [0.05, 0.1) is 17.8 Å². The Morgan fingerprint density at radius 2 is 1.48 bits per heavy atom. The molecule has 0 aliphatic heterocycles. The molecule has 0 unspecified atom stereocenters. The third-order valence-corrected chi connectivity index (χ3v) is 4.95. The van der Waals surface area contributed by atoms with Gasteiger partial charge in [-0.05, 0) is 42.0 Å². The van der Waals surface area contributed by atoms with E-state index in [1.54, 1.807) is 0 Å². The summed E-state index contributed by atoms with van der Waals surface area (Å²) in [6.07, 6.45) is 0.471. The molecule has 0 bridgehead atoms. The van der Waals surface area contributed by atoms with Gasteiger partial charge >= 0.3 is 0 Å². The molecule has 0 saturated carbocycles. The summed E-state index contributed by atoms with van der Waals surface area (Å²) in [5.41, 5.74) is 8.39. The average Bonchev–Trinajstić information content (AvgIpc) is 2.86. The van der Waals surface area contributed by atoms with Crippen LogP contribution in [0.2, 0.25) is 0 Å². The number of para-hydroxylation sites is 1. The average molecular weight is 443 g/mol. The Bertz CT molecular complexity index is 1240. The van der Waals surface area contributed by atoms with Crippen molar-refractivity contribution in [2.24, 2.45) is 16.7 Å². The fraction of sp³-hybridized carbons (Fsp3) is 0.154. The van der Waals surface area contributed by atoms with Crippen molar-refractivity contribution in [2.45, 2.75) is 19.6 Å². The van der Waals surface area contributed by atoms with Crippen LogP contribution in [0.4, 0.5) is 0 Å². The summed E-state index contributed by atoms with van der Waals surface area (Å²) >= 11 is 0. The first-order valence-corrected chi connectivity index (χ1v) is 10.6. The number of fused-ring (bicyclic) bond motifs is 1. The fourth-order valence-corrected chi connectivity index (χ4v) is 3.23. The molecule has 0 atom stereocenters. The number of hydrogen-bond acceptors (Lipinski definition) is 6. The predicted octanol–water partition coefficient (Wildman–Crippen LogP) is 4.39. The highest BCUT2D eigenvalue weighted by Crippen LogP contribution is 2.22. The number of nitrogens with zero attached hydrogens (tertiary/aromatic N) is 2. The number of benzene rings is 3. The van der Waals surface area contributed by atoms with Crippen molar-refractivity contribution in [3.63, 3.8) is 0 Å². The van der Waals surface area contributed by atoms with Crippen molar-refractivity contribution in [3.8, 4) is 17.2 Å². The first-order valence-electron chi connectivity index (χ1n) is 10.6. The third-order valence-electron chi connectivity index (χ3n) is 4.95. The molecule has 1 heterocycles. The maximum atomic E-state index is 5.95. The Balaban J connectivity index is 1.31. The molecular formula is C26H26N4O3. The third kappa shape index (κ3) is 6.36. The van der Waals surface area contributed by atoms with E-state index in [1.807, 2.05) is 78.9 Å². The maximum Gasteiger partial charge on any atom is 0.130 e. The second-order valence-electron chi connectivity index (χ2n) is 7.41. The van der Waals surface area contributed by atoms with Gasteiger partial charge in [-0.25, -0.2) is 4.98 Å². The molecule has 0 aliphatic carbocycles. The topological polar surface area (TPSA) is 105 Å². The highest BCUT2D eigenvalue weighted by molar-refractivity contribution is 5.80. The van der Waals surface area contributed by atoms with Gasteiger partial charge in [0, 0.05) is 17.9 Å². The first kappa shape index (κ1) is 22.0. The van der Waals surface area contributed by atoms with E-state index in [4.69, 9.17) is 25.8 Å². The van der Waals surface area contributed by atoms with Crippen LogP contribution in [0, 0.1) is 0 Å². The van der Waals surface area contributed by atoms with E-state index in [9.17, 15) is 0 Å². The summed E-state index contributed by atoms with van der Waals surface area (Å²) in [5.74, 6) is 7.66. The maximum absolute atomic E-state index is 5.95. The highest BCUT2D eigenvalue weighted by atomic mass is 16.5. The van der Waals surface area contributed by atoms with Gasteiger partial charge in [0.25, 0.3) is 0 Å². The van der Waals surface area contributed by atoms with Gasteiger partial charge in [-0.1, -0.05) is 42.5 Å². The van der Waals surface area contributed by atoms with Crippen molar-refractivity contribution in [1.82, 2.24) is 4.98 Å². The number of amidine groups is 1. The monoisotopic (exact) mass is 442 g/mol. The minimum Gasteiger partial charge on any atom is -0.493 e. The number of pyridine rings is 1. The van der Waals surface area contributed by atoms with Crippen molar-refractivity contribution in [1.29, 1.82) is 0 Å². The zero-order chi connectivity index (χ0) is 22.9. The number of ether oxygens (including phenoxy) is 3. The summed E-state index contributed by atoms with van der Waals surface area (Å²) in [4.78, 5) is 4.64.